The lowest BCUT2D eigenvalue weighted by molar-refractivity contribution is 0.394. The molecule has 1 aromatic rings. The van der Waals surface area contributed by atoms with Crippen molar-refractivity contribution in [3.63, 3.8) is 0 Å². The van der Waals surface area contributed by atoms with Gasteiger partial charge in [-0.05, 0) is 12.8 Å². The lowest BCUT2D eigenvalue weighted by Gasteiger charge is -2.24. The third-order valence-corrected chi connectivity index (χ3v) is 4.99. The van der Waals surface area contributed by atoms with E-state index >= 15 is 0 Å². The molecule has 2 rings (SSSR count). The van der Waals surface area contributed by atoms with E-state index in [2.05, 4.69) is 5.32 Å². The zero-order valence-electron chi connectivity index (χ0n) is 11.2. The van der Waals surface area contributed by atoms with Crippen LogP contribution >= 0.6 is 0 Å². The van der Waals surface area contributed by atoms with Gasteiger partial charge in [0.05, 0.1) is 25.7 Å². The fraction of sp³-hybridized carbons (Fsp3) is 0.538. The van der Waals surface area contributed by atoms with Crippen molar-refractivity contribution >= 4 is 15.5 Å². The SMILES string of the molecule is COc1cc(NC2CCS(=O)(=O)CC2)cc(OC)c1. The fourth-order valence-corrected chi connectivity index (χ4v) is 3.65. The molecule has 0 bridgehead atoms. The number of nitrogens with one attached hydrogen (secondary N) is 1. The summed E-state index contributed by atoms with van der Waals surface area (Å²) in [5, 5.41) is 3.34. The number of methoxy groups -OCH3 is 2. The zero-order valence-corrected chi connectivity index (χ0v) is 12.0. The van der Waals surface area contributed by atoms with Crippen molar-refractivity contribution in [2.75, 3.05) is 31.0 Å². The predicted octanol–water partition coefficient (Wildman–Crippen LogP) is 1.69. The number of benzene rings is 1. The van der Waals surface area contributed by atoms with Crippen LogP contribution in [0.25, 0.3) is 0 Å². The summed E-state index contributed by atoms with van der Waals surface area (Å²) in [6.45, 7) is 0. The van der Waals surface area contributed by atoms with Crippen molar-refractivity contribution in [3.05, 3.63) is 18.2 Å². The van der Waals surface area contributed by atoms with Crippen LogP contribution < -0.4 is 14.8 Å². The third kappa shape index (κ3) is 3.76. The first-order valence-corrected chi connectivity index (χ1v) is 8.04. The van der Waals surface area contributed by atoms with Crippen molar-refractivity contribution in [1.29, 1.82) is 0 Å². The van der Waals surface area contributed by atoms with Crippen LogP contribution in [0.15, 0.2) is 18.2 Å². The predicted molar refractivity (Wildman–Crippen MR) is 74.8 cm³/mol. The lowest BCUT2D eigenvalue weighted by Crippen LogP contribution is -2.32. The number of ether oxygens (including phenoxy) is 2. The number of hydrogen-bond donors (Lipinski definition) is 1. The molecule has 1 N–H and O–H groups in total. The standard InChI is InChI=1S/C13H19NO4S/c1-17-12-7-11(8-13(9-12)18-2)14-10-3-5-19(15,16)6-4-10/h7-10,14H,3-6H2,1-2H3. The van der Waals surface area contributed by atoms with Gasteiger partial charge in [0.2, 0.25) is 0 Å². The Balaban J connectivity index is 2.07. The average Bonchev–Trinajstić information content (AvgIpc) is 2.40. The summed E-state index contributed by atoms with van der Waals surface area (Å²) in [5.41, 5.74) is 0.889. The Kier molecular flexibility index (Phi) is 4.19. The number of hydrogen-bond acceptors (Lipinski definition) is 5. The molecule has 0 saturated carbocycles. The number of rotatable bonds is 4. The van der Waals surface area contributed by atoms with Gasteiger partial charge >= 0.3 is 0 Å². The molecule has 0 aromatic heterocycles. The van der Waals surface area contributed by atoms with E-state index < -0.39 is 9.84 Å². The molecule has 6 heteroatoms. The Bertz CT molecular complexity index is 505. The van der Waals surface area contributed by atoms with Gasteiger partial charge in [0, 0.05) is 29.9 Å². The molecule has 1 aliphatic heterocycles. The van der Waals surface area contributed by atoms with Crippen LogP contribution in [0.1, 0.15) is 12.8 Å². The summed E-state index contributed by atoms with van der Waals surface area (Å²) < 4.78 is 33.2. The van der Waals surface area contributed by atoms with Crippen molar-refractivity contribution in [2.45, 2.75) is 18.9 Å². The summed E-state index contributed by atoms with van der Waals surface area (Å²) in [5.74, 6) is 1.94. The molecule has 0 aliphatic carbocycles. The van der Waals surface area contributed by atoms with Crippen LogP contribution in [-0.4, -0.2) is 40.2 Å². The lowest BCUT2D eigenvalue weighted by atomic mass is 10.1. The smallest absolute Gasteiger partial charge is 0.150 e. The first-order valence-electron chi connectivity index (χ1n) is 6.22. The summed E-state index contributed by atoms with van der Waals surface area (Å²) in [7, 11) is 0.383. The first-order chi connectivity index (χ1) is 9.02. The van der Waals surface area contributed by atoms with Crippen molar-refractivity contribution in [1.82, 2.24) is 0 Å². The molecule has 0 atom stereocenters. The van der Waals surface area contributed by atoms with Gasteiger partial charge in [-0.2, -0.15) is 0 Å². The fourth-order valence-electron chi connectivity index (χ4n) is 2.16. The molecular formula is C13H19NO4S. The minimum absolute atomic E-state index is 0.181. The molecule has 0 spiro atoms. The topological polar surface area (TPSA) is 64.6 Å². The number of sulfone groups is 1. The molecule has 5 nitrogen and oxygen atoms in total. The molecule has 1 aliphatic rings. The highest BCUT2D eigenvalue weighted by atomic mass is 32.2. The van der Waals surface area contributed by atoms with Crippen molar-refractivity contribution in [3.8, 4) is 11.5 Å². The van der Waals surface area contributed by atoms with Crippen LogP contribution in [0.5, 0.6) is 11.5 Å². The maximum Gasteiger partial charge on any atom is 0.150 e. The molecule has 1 saturated heterocycles. The van der Waals surface area contributed by atoms with Crippen LogP contribution in [0.2, 0.25) is 0 Å². The Labute approximate surface area is 113 Å². The normalized spacial score (nSPS) is 18.8. The minimum atomic E-state index is -2.82. The highest BCUT2D eigenvalue weighted by Crippen LogP contribution is 2.27. The summed E-state index contributed by atoms with van der Waals surface area (Å²) in [6.07, 6.45) is 1.28. The monoisotopic (exact) mass is 285 g/mol. The van der Waals surface area contributed by atoms with Gasteiger partial charge in [0.15, 0.2) is 0 Å². The Morgan fingerprint density at radius 2 is 1.58 bits per heavy atom. The molecule has 0 amide bonds. The third-order valence-electron chi connectivity index (χ3n) is 3.28. The van der Waals surface area contributed by atoms with E-state index in [1.165, 1.54) is 0 Å². The summed E-state index contributed by atoms with van der Waals surface area (Å²) >= 11 is 0. The molecule has 1 heterocycles. The van der Waals surface area contributed by atoms with Gasteiger partial charge in [0.25, 0.3) is 0 Å². The van der Waals surface area contributed by atoms with Gasteiger partial charge in [-0.25, -0.2) is 8.42 Å². The second-order valence-electron chi connectivity index (χ2n) is 4.67. The van der Waals surface area contributed by atoms with E-state index in [0.29, 0.717) is 24.3 Å². The van der Waals surface area contributed by atoms with E-state index in [-0.39, 0.29) is 17.5 Å². The largest absolute Gasteiger partial charge is 0.497 e. The summed E-state index contributed by atoms with van der Waals surface area (Å²) in [6, 6.07) is 5.74. The molecular weight excluding hydrogens is 266 g/mol. The van der Waals surface area contributed by atoms with Crippen LogP contribution in [0.4, 0.5) is 5.69 Å². The molecule has 19 heavy (non-hydrogen) atoms. The van der Waals surface area contributed by atoms with E-state index in [4.69, 9.17) is 9.47 Å². The first kappa shape index (κ1) is 14.0. The minimum Gasteiger partial charge on any atom is -0.497 e. The molecule has 0 unspecified atom stereocenters. The average molecular weight is 285 g/mol. The molecule has 0 radical (unpaired) electrons. The van der Waals surface area contributed by atoms with Gasteiger partial charge in [0.1, 0.15) is 21.3 Å². The molecule has 106 valence electrons. The van der Waals surface area contributed by atoms with Crippen LogP contribution in [0, 0.1) is 0 Å². The van der Waals surface area contributed by atoms with Gasteiger partial charge < -0.3 is 14.8 Å². The number of anilines is 1. The van der Waals surface area contributed by atoms with Gasteiger partial charge in [-0.1, -0.05) is 0 Å². The second kappa shape index (κ2) is 5.69. The van der Waals surface area contributed by atoms with E-state index in [1.54, 1.807) is 20.3 Å². The summed E-state index contributed by atoms with van der Waals surface area (Å²) in [4.78, 5) is 0. The van der Waals surface area contributed by atoms with Gasteiger partial charge in [-0.3, -0.25) is 0 Å². The maximum atomic E-state index is 11.4. The van der Waals surface area contributed by atoms with E-state index in [9.17, 15) is 8.42 Å². The van der Waals surface area contributed by atoms with Crippen molar-refractivity contribution in [2.24, 2.45) is 0 Å². The quantitative estimate of drug-likeness (QED) is 0.912. The van der Waals surface area contributed by atoms with Crippen molar-refractivity contribution < 1.29 is 17.9 Å². The highest BCUT2D eigenvalue weighted by molar-refractivity contribution is 7.91. The van der Waals surface area contributed by atoms with E-state index in [0.717, 1.165) is 5.69 Å². The molecule has 1 aromatic carbocycles. The Hall–Kier alpha value is -1.43. The second-order valence-corrected chi connectivity index (χ2v) is 6.98. The Morgan fingerprint density at radius 1 is 1.05 bits per heavy atom. The zero-order chi connectivity index (χ0) is 13.9. The Morgan fingerprint density at radius 3 is 2.05 bits per heavy atom. The van der Waals surface area contributed by atoms with E-state index in [1.807, 2.05) is 12.1 Å². The maximum absolute atomic E-state index is 11.4. The van der Waals surface area contributed by atoms with Crippen LogP contribution in [-0.2, 0) is 9.84 Å². The van der Waals surface area contributed by atoms with Crippen LogP contribution in [0.3, 0.4) is 0 Å². The van der Waals surface area contributed by atoms with Gasteiger partial charge in [-0.15, -0.1) is 0 Å². The highest BCUT2D eigenvalue weighted by Gasteiger charge is 2.23. The molecule has 1 fully saturated rings.